The topological polar surface area (TPSA) is 42.3 Å². The van der Waals surface area contributed by atoms with Gasteiger partial charge in [0.2, 0.25) is 0 Å². The fourth-order valence-electron chi connectivity index (χ4n) is 1.04. The summed E-state index contributed by atoms with van der Waals surface area (Å²) in [6.45, 7) is 0. The molecule has 0 fully saturated rings. The third kappa shape index (κ3) is 1.36. The van der Waals surface area contributed by atoms with Crippen molar-refractivity contribution in [3.63, 3.8) is 0 Å². The Bertz CT molecular complexity index is 336. The van der Waals surface area contributed by atoms with Crippen molar-refractivity contribution in [1.29, 1.82) is 0 Å². The first-order valence-corrected chi connectivity index (χ1v) is 3.38. The molecule has 1 aromatic heterocycles. The SMILES string of the molecule is Cl.O=C1CC=Nc2ncccc21. The van der Waals surface area contributed by atoms with Gasteiger partial charge in [-0.25, -0.2) is 9.98 Å². The van der Waals surface area contributed by atoms with Gasteiger partial charge in [0.15, 0.2) is 11.6 Å². The molecule has 0 N–H and O–H groups in total. The number of aliphatic imine (C=N–C) groups is 1. The number of carbonyl (C=O) groups is 1. The van der Waals surface area contributed by atoms with Gasteiger partial charge in [-0.15, -0.1) is 12.4 Å². The van der Waals surface area contributed by atoms with E-state index in [1.54, 1.807) is 24.5 Å². The second kappa shape index (κ2) is 3.45. The van der Waals surface area contributed by atoms with Crippen molar-refractivity contribution in [1.82, 2.24) is 4.98 Å². The summed E-state index contributed by atoms with van der Waals surface area (Å²) in [5.74, 6) is 0.645. The maximum Gasteiger partial charge on any atom is 0.171 e. The van der Waals surface area contributed by atoms with Gasteiger partial charge in [0.25, 0.3) is 0 Å². The zero-order chi connectivity index (χ0) is 7.68. The number of halogens is 1. The van der Waals surface area contributed by atoms with E-state index in [1.165, 1.54) is 0 Å². The normalized spacial score (nSPS) is 13.5. The van der Waals surface area contributed by atoms with Gasteiger partial charge in [0.1, 0.15) is 0 Å². The van der Waals surface area contributed by atoms with Crippen molar-refractivity contribution >= 4 is 30.2 Å². The van der Waals surface area contributed by atoms with Crippen LogP contribution in [0.5, 0.6) is 0 Å². The van der Waals surface area contributed by atoms with Gasteiger partial charge >= 0.3 is 0 Å². The monoisotopic (exact) mass is 182 g/mol. The highest BCUT2D eigenvalue weighted by Crippen LogP contribution is 2.19. The van der Waals surface area contributed by atoms with Crippen LogP contribution in [0.2, 0.25) is 0 Å². The van der Waals surface area contributed by atoms with E-state index in [4.69, 9.17) is 0 Å². The van der Waals surface area contributed by atoms with E-state index in [-0.39, 0.29) is 18.2 Å². The van der Waals surface area contributed by atoms with Crippen molar-refractivity contribution in [2.24, 2.45) is 4.99 Å². The number of hydrogen-bond acceptors (Lipinski definition) is 3. The Balaban J connectivity index is 0.000000720. The van der Waals surface area contributed by atoms with Crippen LogP contribution in [-0.4, -0.2) is 17.0 Å². The van der Waals surface area contributed by atoms with E-state index in [2.05, 4.69) is 9.98 Å². The van der Waals surface area contributed by atoms with Gasteiger partial charge in [0.05, 0.1) is 5.56 Å². The van der Waals surface area contributed by atoms with E-state index >= 15 is 0 Å². The number of hydrogen-bond donors (Lipinski definition) is 0. The molecule has 0 aliphatic carbocycles. The number of rotatable bonds is 0. The smallest absolute Gasteiger partial charge is 0.171 e. The molecule has 12 heavy (non-hydrogen) atoms. The second-order valence-electron chi connectivity index (χ2n) is 2.31. The maximum absolute atomic E-state index is 11.2. The molecule has 62 valence electrons. The van der Waals surface area contributed by atoms with Crippen molar-refractivity contribution in [3.05, 3.63) is 23.9 Å². The molecule has 0 aromatic carbocycles. The molecular formula is C8H7ClN2O. The minimum atomic E-state index is 0. The third-order valence-corrected chi connectivity index (χ3v) is 1.58. The molecule has 0 amide bonds. The molecular weight excluding hydrogens is 176 g/mol. The number of fused-ring (bicyclic) bond motifs is 1. The highest BCUT2D eigenvalue weighted by atomic mass is 35.5. The van der Waals surface area contributed by atoms with Crippen molar-refractivity contribution < 1.29 is 4.79 Å². The standard InChI is InChI=1S/C8H6N2O.ClH/c11-7-3-5-10-8-6(7)2-1-4-9-8;/h1-2,4-5H,3H2;1H. The lowest BCUT2D eigenvalue weighted by atomic mass is 10.1. The van der Waals surface area contributed by atoms with E-state index < -0.39 is 0 Å². The minimum absolute atomic E-state index is 0. The Morgan fingerprint density at radius 3 is 3.00 bits per heavy atom. The highest BCUT2D eigenvalue weighted by Gasteiger charge is 2.13. The predicted octanol–water partition coefficient (Wildman–Crippen LogP) is 1.79. The van der Waals surface area contributed by atoms with Gasteiger partial charge in [0, 0.05) is 18.8 Å². The van der Waals surface area contributed by atoms with Crippen LogP contribution in [0.4, 0.5) is 5.82 Å². The predicted molar refractivity (Wildman–Crippen MR) is 48.6 cm³/mol. The van der Waals surface area contributed by atoms with Crippen LogP contribution >= 0.6 is 12.4 Å². The largest absolute Gasteiger partial charge is 0.294 e. The molecule has 0 saturated heterocycles. The average Bonchev–Trinajstić information content (AvgIpc) is 2.06. The van der Waals surface area contributed by atoms with Crippen LogP contribution in [0.3, 0.4) is 0 Å². The molecule has 0 saturated carbocycles. The van der Waals surface area contributed by atoms with Gasteiger partial charge in [-0.2, -0.15) is 0 Å². The molecule has 0 bridgehead atoms. The number of nitrogens with zero attached hydrogens (tertiary/aromatic N) is 2. The van der Waals surface area contributed by atoms with Crippen LogP contribution in [-0.2, 0) is 0 Å². The minimum Gasteiger partial charge on any atom is -0.294 e. The number of carbonyl (C=O) groups excluding carboxylic acids is 1. The molecule has 2 rings (SSSR count). The van der Waals surface area contributed by atoms with Crippen molar-refractivity contribution in [2.45, 2.75) is 6.42 Å². The average molecular weight is 183 g/mol. The first-order valence-electron chi connectivity index (χ1n) is 3.38. The molecule has 0 unspecified atom stereocenters. The van der Waals surface area contributed by atoms with Crippen LogP contribution in [0.25, 0.3) is 0 Å². The van der Waals surface area contributed by atoms with E-state index in [1.807, 2.05) is 0 Å². The Morgan fingerprint density at radius 1 is 1.42 bits per heavy atom. The third-order valence-electron chi connectivity index (χ3n) is 1.58. The van der Waals surface area contributed by atoms with Crippen LogP contribution < -0.4 is 0 Å². The maximum atomic E-state index is 11.2. The Labute approximate surface area is 75.9 Å². The number of pyridine rings is 1. The summed E-state index contributed by atoms with van der Waals surface area (Å²) in [5.41, 5.74) is 0.634. The van der Waals surface area contributed by atoms with Gasteiger partial charge in [-0.05, 0) is 12.1 Å². The fraction of sp³-hybridized carbons (Fsp3) is 0.125. The lowest BCUT2D eigenvalue weighted by Gasteiger charge is -2.04. The van der Waals surface area contributed by atoms with E-state index in [0.717, 1.165) is 0 Å². The molecule has 0 radical (unpaired) electrons. The molecule has 1 aliphatic rings. The second-order valence-corrected chi connectivity index (χ2v) is 2.31. The van der Waals surface area contributed by atoms with Gasteiger partial charge < -0.3 is 0 Å². The fourth-order valence-corrected chi connectivity index (χ4v) is 1.04. The Morgan fingerprint density at radius 2 is 2.25 bits per heavy atom. The molecule has 4 heteroatoms. The number of Topliss-reactive ketones (excluding diaryl/α,β-unsaturated/α-hetero) is 1. The van der Waals surface area contributed by atoms with Crippen LogP contribution in [0, 0.1) is 0 Å². The van der Waals surface area contributed by atoms with Crippen LogP contribution in [0.15, 0.2) is 23.3 Å². The van der Waals surface area contributed by atoms with Crippen molar-refractivity contribution in [2.75, 3.05) is 0 Å². The summed E-state index contributed by atoms with van der Waals surface area (Å²) < 4.78 is 0. The summed E-state index contributed by atoms with van der Waals surface area (Å²) in [5, 5.41) is 0. The zero-order valence-electron chi connectivity index (χ0n) is 6.23. The Kier molecular flexibility index (Phi) is 2.55. The lowest BCUT2D eigenvalue weighted by molar-refractivity contribution is 0.100. The molecule has 2 heterocycles. The molecule has 1 aliphatic heterocycles. The van der Waals surface area contributed by atoms with E-state index in [0.29, 0.717) is 17.8 Å². The quantitative estimate of drug-likeness (QED) is 0.614. The summed E-state index contributed by atoms with van der Waals surface area (Å²) in [4.78, 5) is 19.1. The molecule has 0 atom stereocenters. The first-order chi connectivity index (χ1) is 5.38. The Hall–Kier alpha value is -1.22. The molecule has 1 aromatic rings. The van der Waals surface area contributed by atoms with Gasteiger partial charge in [-0.1, -0.05) is 0 Å². The summed E-state index contributed by atoms with van der Waals surface area (Å²) >= 11 is 0. The summed E-state index contributed by atoms with van der Waals surface area (Å²) in [7, 11) is 0. The lowest BCUT2D eigenvalue weighted by Crippen LogP contribution is -2.04. The van der Waals surface area contributed by atoms with Crippen LogP contribution in [0.1, 0.15) is 16.8 Å². The van der Waals surface area contributed by atoms with Crippen molar-refractivity contribution in [3.8, 4) is 0 Å². The highest BCUT2D eigenvalue weighted by molar-refractivity contribution is 6.09. The zero-order valence-corrected chi connectivity index (χ0v) is 7.04. The number of aromatic nitrogens is 1. The molecule has 0 spiro atoms. The first kappa shape index (κ1) is 8.87. The number of ketones is 1. The van der Waals surface area contributed by atoms with Gasteiger partial charge in [-0.3, -0.25) is 4.79 Å². The van der Waals surface area contributed by atoms with E-state index in [9.17, 15) is 4.79 Å². The summed E-state index contributed by atoms with van der Waals surface area (Å²) in [6.07, 6.45) is 3.63. The summed E-state index contributed by atoms with van der Waals surface area (Å²) in [6, 6.07) is 3.50. The molecule has 3 nitrogen and oxygen atoms in total.